The van der Waals surface area contributed by atoms with Crippen LogP contribution in [0.1, 0.15) is 11.1 Å². The predicted molar refractivity (Wildman–Crippen MR) is 122 cm³/mol. The number of nitrogens with zero attached hydrogens (tertiary/aromatic N) is 1. The molecule has 1 fully saturated rings. The summed E-state index contributed by atoms with van der Waals surface area (Å²) in [7, 11) is 0. The summed E-state index contributed by atoms with van der Waals surface area (Å²) in [5.41, 5.74) is 1.65. The van der Waals surface area contributed by atoms with Crippen LogP contribution in [0.15, 0.2) is 71.6 Å². The van der Waals surface area contributed by atoms with Gasteiger partial charge in [0.05, 0.1) is 20.6 Å². The first-order valence-electron chi connectivity index (χ1n) is 9.11. The minimum absolute atomic E-state index is 0.160. The van der Waals surface area contributed by atoms with Crippen LogP contribution in [0, 0.1) is 5.82 Å². The number of hydrogen-bond donors (Lipinski definition) is 0. The molecule has 0 atom stereocenters. The average molecular weight is 474 g/mol. The van der Waals surface area contributed by atoms with Crippen LogP contribution in [0.5, 0.6) is 5.75 Å². The summed E-state index contributed by atoms with van der Waals surface area (Å²) < 4.78 is 18.9. The lowest BCUT2D eigenvalue weighted by Crippen LogP contribution is -2.27. The van der Waals surface area contributed by atoms with Gasteiger partial charge in [0.1, 0.15) is 18.2 Å². The fourth-order valence-corrected chi connectivity index (χ4v) is 4.27. The maximum absolute atomic E-state index is 13.3. The molecule has 4 rings (SSSR count). The zero-order valence-corrected chi connectivity index (χ0v) is 18.2. The summed E-state index contributed by atoms with van der Waals surface area (Å²) in [4.78, 5) is 26.5. The van der Waals surface area contributed by atoms with Crippen molar-refractivity contribution >= 4 is 57.9 Å². The minimum Gasteiger partial charge on any atom is -0.487 e. The van der Waals surface area contributed by atoms with Crippen molar-refractivity contribution in [3.63, 3.8) is 0 Å². The molecule has 1 aliphatic rings. The maximum Gasteiger partial charge on any atom is 0.298 e. The highest BCUT2D eigenvalue weighted by molar-refractivity contribution is 8.19. The third-order valence-electron chi connectivity index (χ3n) is 4.42. The standard InChI is InChI=1S/C23H14Cl2FNO3S/c24-17-6-1-2-7-19(17)27-22(28)21(31-23(27)29)12-14-8-9-20(18(25)11-14)30-13-15-4-3-5-16(26)10-15/h1-12H,13H2/b21-12-. The molecule has 1 aliphatic heterocycles. The summed E-state index contributed by atoms with van der Waals surface area (Å²) in [6.45, 7) is 0.160. The Bertz CT molecular complexity index is 1210. The first kappa shape index (κ1) is 21.4. The molecule has 0 N–H and O–H groups in total. The van der Waals surface area contributed by atoms with E-state index in [-0.39, 0.29) is 17.3 Å². The van der Waals surface area contributed by atoms with Crippen molar-refractivity contribution in [2.24, 2.45) is 0 Å². The minimum atomic E-state index is -0.453. The largest absolute Gasteiger partial charge is 0.487 e. The van der Waals surface area contributed by atoms with Crippen molar-refractivity contribution in [3.8, 4) is 5.75 Å². The van der Waals surface area contributed by atoms with E-state index < -0.39 is 11.1 Å². The van der Waals surface area contributed by atoms with Crippen LogP contribution >= 0.6 is 35.0 Å². The highest BCUT2D eigenvalue weighted by atomic mass is 35.5. The Labute approximate surface area is 192 Å². The maximum atomic E-state index is 13.3. The SMILES string of the molecule is O=C1S/C(=C\c2ccc(OCc3cccc(F)c3)c(Cl)c2)C(=O)N1c1ccccc1Cl. The van der Waals surface area contributed by atoms with Gasteiger partial charge in [-0.1, -0.05) is 53.5 Å². The number of anilines is 1. The molecule has 0 aliphatic carbocycles. The lowest BCUT2D eigenvalue weighted by molar-refractivity contribution is -0.113. The van der Waals surface area contributed by atoms with Gasteiger partial charge in [-0.3, -0.25) is 9.59 Å². The zero-order chi connectivity index (χ0) is 22.0. The van der Waals surface area contributed by atoms with Crippen molar-refractivity contribution in [3.05, 3.63) is 98.6 Å². The molecule has 1 heterocycles. The molecule has 4 nitrogen and oxygen atoms in total. The van der Waals surface area contributed by atoms with Crippen LogP contribution in [0.4, 0.5) is 14.9 Å². The van der Waals surface area contributed by atoms with E-state index >= 15 is 0 Å². The summed E-state index contributed by atoms with van der Waals surface area (Å²) in [6.07, 6.45) is 1.59. The summed E-state index contributed by atoms with van der Waals surface area (Å²) in [6, 6.07) is 17.8. The first-order valence-corrected chi connectivity index (χ1v) is 10.7. The van der Waals surface area contributed by atoms with Crippen molar-refractivity contribution < 1.29 is 18.7 Å². The Kier molecular flexibility index (Phi) is 6.32. The number of thioether (sulfide) groups is 1. The average Bonchev–Trinajstić information content (AvgIpc) is 3.01. The Hall–Kier alpha value is -2.80. The second kappa shape index (κ2) is 9.14. The Balaban J connectivity index is 1.51. The first-order chi connectivity index (χ1) is 14.9. The van der Waals surface area contributed by atoms with Gasteiger partial charge >= 0.3 is 0 Å². The topological polar surface area (TPSA) is 46.6 Å². The molecule has 0 saturated carbocycles. The van der Waals surface area contributed by atoms with Gasteiger partial charge in [-0.15, -0.1) is 0 Å². The molecule has 31 heavy (non-hydrogen) atoms. The fourth-order valence-electron chi connectivity index (χ4n) is 2.97. The third kappa shape index (κ3) is 4.77. The highest BCUT2D eigenvalue weighted by Gasteiger charge is 2.37. The van der Waals surface area contributed by atoms with Gasteiger partial charge in [-0.2, -0.15) is 0 Å². The molecule has 3 aromatic rings. The molecule has 0 bridgehead atoms. The third-order valence-corrected chi connectivity index (χ3v) is 5.91. The van der Waals surface area contributed by atoms with Crippen LogP contribution in [0.2, 0.25) is 10.0 Å². The number of halogens is 3. The number of para-hydroxylation sites is 1. The van der Waals surface area contributed by atoms with Gasteiger partial charge in [0.2, 0.25) is 0 Å². The van der Waals surface area contributed by atoms with E-state index in [4.69, 9.17) is 27.9 Å². The van der Waals surface area contributed by atoms with E-state index in [1.807, 2.05) is 0 Å². The van der Waals surface area contributed by atoms with Crippen molar-refractivity contribution in [1.82, 2.24) is 0 Å². The monoisotopic (exact) mass is 473 g/mol. The van der Waals surface area contributed by atoms with Crippen molar-refractivity contribution in [1.29, 1.82) is 0 Å². The number of imide groups is 1. The molecule has 1 saturated heterocycles. The van der Waals surface area contributed by atoms with Gasteiger partial charge < -0.3 is 4.74 Å². The Morgan fingerprint density at radius 2 is 1.77 bits per heavy atom. The fraction of sp³-hybridized carbons (Fsp3) is 0.0435. The number of carbonyl (C=O) groups excluding carboxylic acids is 2. The van der Waals surface area contributed by atoms with E-state index in [1.165, 1.54) is 12.1 Å². The summed E-state index contributed by atoms with van der Waals surface area (Å²) in [5, 5.41) is 0.217. The quantitative estimate of drug-likeness (QED) is 0.376. The lowest BCUT2D eigenvalue weighted by atomic mass is 10.2. The van der Waals surface area contributed by atoms with Gasteiger partial charge in [0.25, 0.3) is 11.1 Å². The molecule has 0 unspecified atom stereocenters. The Morgan fingerprint density at radius 1 is 0.968 bits per heavy atom. The molecular formula is C23H14Cl2FNO3S. The number of carbonyl (C=O) groups is 2. The second-order valence-corrected chi connectivity index (χ2v) is 8.38. The van der Waals surface area contributed by atoms with Crippen LogP contribution in [-0.4, -0.2) is 11.1 Å². The molecule has 3 aromatic carbocycles. The van der Waals surface area contributed by atoms with E-state index in [1.54, 1.807) is 60.7 Å². The van der Waals surface area contributed by atoms with Crippen LogP contribution < -0.4 is 9.64 Å². The lowest BCUT2D eigenvalue weighted by Gasteiger charge is -2.13. The van der Waals surface area contributed by atoms with Crippen molar-refractivity contribution in [2.75, 3.05) is 4.90 Å². The highest BCUT2D eigenvalue weighted by Crippen LogP contribution is 2.39. The normalized spacial score (nSPS) is 15.1. The molecule has 0 radical (unpaired) electrons. The zero-order valence-electron chi connectivity index (χ0n) is 15.8. The number of ether oxygens (including phenoxy) is 1. The number of hydrogen-bond acceptors (Lipinski definition) is 4. The second-order valence-electron chi connectivity index (χ2n) is 6.58. The molecule has 156 valence electrons. The molecule has 0 aromatic heterocycles. The number of amides is 2. The van der Waals surface area contributed by atoms with E-state index in [2.05, 4.69) is 0 Å². The van der Waals surface area contributed by atoms with Crippen molar-refractivity contribution in [2.45, 2.75) is 6.61 Å². The van der Waals surface area contributed by atoms with E-state index in [9.17, 15) is 14.0 Å². The smallest absolute Gasteiger partial charge is 0.298 e. The molecule has 2 amide bonds. The van der Waals surface area contributed by atoms with Crippen LogP contribution in [0.25, 0.3) is 6.08 Å². The summed E-state index contributed by atoms with van der Waals surface area (Å²) in [5.74, 6) is -0.369. The van der Waals surface area contributed by atoms with Gasteiger partial charge in [0, 0.05) is 0 Å². The van der Waals surface area contributed by atoms with Gasteiger partial charge in [0.15, 0.2) is 0 Å². The van der Waals surface area contributed by atoms with Gasteiger partial charge in [-0.25, -0.2) is 9.29 Å². The number of benzene rings is 3. The molecule has 0 spiro atoms. The van der Waals surface area contributed by atoms with Gasteiger partial charge in [-0.05, 0) is 65.4 Å². The van der Waals surface area contributed by atoms with E-state index in [0.29, 0.717) is 32.6 Å². The number of rotatable bonds is 5. The molecular weight excluding hydrogens is 460 g/mol. The Morgan fingerprint density at radius 3 is 2.52 bits per heavy atom. The van der Waals surface area contributed by atoms with E-state index in [0.717, 1.165) is 16.7 Å². The molecule has 8 heteroatoms. The van der Waals surface area contributed by atoms with Crippen LogP contribution in [-0.2, 0) is 11.4 Å². The van der Waals surface area contributed by atoms with Crippen LogP contribution in [0.3, 0.4) is 0 Å². The predicted octanol–water partition coefficient (Wildman–Crippen LogP) is 6.95. The summed E-state index contributed by atoms with van der Waals surface area (Å²) >= 11 is 13.3.